The normalized spacial score (nSPS) is 35.2. The Kier molecular flexibility index (Phi) is 5.87. The lowest BCUT2D eigenvalue weighted by molar-refractivity contribution is -0.142. The lowest BCUT2D eigenvalue weighted by Crippen LogP contribution is -2.62. The zero-order chi connectivity index (χ0) is 20.6. The molecule has 0 aromatic rings. The molecule has 1 atom stereocenters. The summed E-state index contributed by atoms with van der Waals surface area (Å²) in [6.45, 7) is 3.37. The van der Waals surface area contributed by atoms with Crippen LogP contribution >= 0.6 is 0 Å². The molecule has 1 aliphatic heterocycles. The van der Waals surface area contributed by atoms with E-state index >= 15 is 0 Å². The molecule has 0 aromatic carbocycles. The van der Waals surface area contributed by atoms with Gasteiger partial charge in [-0.25, -0.2) is 4.79 Å². The van der Waals surface area contributed by atoms with Gasteiger partial charge in [-0.2, -0.15) is 0 Å². The van der Waals surface area contributed by atoms with Crippen LogP contribution in [-0.4, -0.2) is 54.6 Å². The zero-order valence-electron chi connectivity index (χ0n) is 17.7. The van der Waals surface area contributed by atoms with Crippen molar-refractivity contribution in [2.24, 2.45) is 23.7 Å². The van der Waals surface area contributed by atoms with Gasteiger partial charge in [0.2, 0.25) is 5.91 Å². The predicted octanol–water partition coefficient (Wildman–Crippen LogP) is 2.44. The molecule has 4 bridgehead atoms. The molecule has 0 radical (unpaired) electrons. The Labute approximate surface area is 173 Å². The van der Waals surface area contributed by atoms with E-state index in [-0.39, 0.29) is 29.5 Å². The van der Waals surface area contributed by atoms with E-state index in [0.717, 1.165) is 62.9 Å². The molecule has 5 rings (SSSR count). The molecular formula is C22H35N3O4. The number of hydrogen-bond acceptors (Lipinski definition) is 5. The molecule has 0 aromatic heterocycles. The summed E-state index contributed by atoms with van der Waals surface area (Å²) in [5.74, 6) is 2.16. The highest BCUT2D eigenvalue weighted by molar-refractivity contribution is 5.97. The smallest absolute Gasteiger partial charge is 0.321 e. The first kappa shape index (κ1) is 20.6. The summed E-state index contributed by atoms with van der Waals surface area (Å²) >= 11 is 0. The highest BCUT2D eigenvalue weighted by atomic mass is 16.5. The van der Waals surface area contributed by atoms with Crippen molar-refractivity contribution >= 4 is 17.9 Å². The average molecular weight is 406 g/mol. The standard InChI is InChI=1S/C22H35N3O4/c1-14(25-5-3-15(4-6-25)10-19(26)29-2)20(27)23-21(28)24-22-11-16-7-17(12-22)9-18(8-16)13-22/h14-18H,3-13H2,1-2H3,(H2,23,24,27,28)/t14-,16?,17?,18?,22?/m1/s1. The molecule has 5 fully saturated rings. The minimum atomic E-state index is -0.351. The van der Waals surface area contributed by atoms with Crippen LogP contribution in [0.1, 0.15) is 64.7 Å². The summed E-state index contributed by atoms with van der Waals surface area (Å²) in [5.41, 5.74) is -0.0887. The Hall–Kier alpha value is -1.63. The van der Waals surface area contributed by atoms with Gasteiger partial charge in [-0.3, -0.25) is 19.8 Å². The lowest BCUT2D eigenvalue weighted by atomic mass is 9.53. The van der Waals surface area contributed by atoms with E-state index in [1.165, 1.54) is 26.4 Å². The fraction of sp³-hybridized carbons (Fsp3) is 0.864. The van der Waals surface area contributed by atoms with Crippen LogP contribution in [0.15, 0.2) is 0 Å². The monoisotopic (exact) mass is 405 g/mol. The van der Waals surface area contributed by atoms with E-state index in [0.29, 0.717) is 12.3 Å². The lowest BCUT2D eigenvalue weighted by Gasteiger charge is -2.56. The second-order valence-electron chi connectivity index (χ2n) is 10.1. The predicted molar refractivity (Wildman–Crippen MR) is 108 cm³/mol. The molecule has 1 saturated heterocycles. The maximum atomic E-state index is 12.7. The number of carbonyl (C=O) groups is 3. The Morgan fingerprint density at radius 3 is 2.10 bits per heavy atom. The molecule has 5 aliphatic rings. The van der Waals surface area contributed by atoms with Crippen LogP contribution in [0, 0.1) is 23.7 Å². The van der Waals surface area contributed by atoms with Gasteiger partial charge in [0.15, 0.2) is 0 Å². The molecule has 0 unspecified atom stereocenters. The van der Waals surface area contributed by atoms with Crippen LogP contribution in [0.5, 0.6) is 0 Å². The van der Waals surface area contributed by atoms with Crippen LogP contribution in [0.4, 0.5) is 4.79 Å². The number of amides is 3. The number of methoxy groups -OCH3 is 1. The first-order valence-electron chi connectivity index (χ1n) is 11.3. The molecule has 3 amide bonds. The number of nitrogens with one attached hydrogen (secondary N) is 2. The van der Waals surface area contributed by atoms with E-state index < -0.39 is 0 Å². The van der Waals surface area contributed by atoms with Crippen molar-refractivity contribution in [2.75, 3.05) is 20.2 Å². The highest BCUT2D eigenvalue weighted by Gasteiger charge is 2.51. The molecule has 29 heavy (non-hydrogen) atoms. The zero-order valence-corrected chi connectivity index (χ0v) is 17.7. The number of urea groups is 1. The van der Waals surface area contributed by atoms with Crippen molar-refractivity contribution < 1.29 is 19.1 Å². The number of hydrogen-bond donors (Lipinski definition) is 2. The van der Waals surface area contributed by atoms with Gasteiger partial charge in [0.1, 0.15) is 0 Å². The second kappa shape index (κ2) is 8.25. The van der Waals surface area contributed by atoms with Crippen LogP contribution in [0.2, 0.25) is 0 Å². The maximum Gasteiger partial charge on any atom is 0.321 e. The van der Waals surface area contributed by atoms with Gasteiger partial charge < -0.3 is 10.1 Å². The van der Waals surface area contributed by atoms with Crippen molar-refractivity contribution in [1.29, 1.82) is 0 Å². The quantitative estimate of drug-likeness (QED) is 0.686. The van der Waals surface area contributed by atoms with E-state index in [1.807, 2.05) is 6.92 Å². The average Bonchev–Trinajstić information content (AvgIpc) is 2.66. The topological polar surface area (TPSA) is 87.7 Å². The Balaban J connectivity index is 1.24. The number of imide groups is 1. The van der Waals surface area contributed by atoms with E-state index in [4.69, 9.17) is 4.74 Å². The van der Waals surface area contributed by atoms with Crippen molar-refractivity contribution in [3.8, 4) is 0 Å². The van der Waals surface area contributed by atoms with Crippen molar-refractivity contribution in [2.45, 2.75) is 76.3 Å². The third-order valence-electron chi connectivity index (χ3n) is 7.91. The van der Waals surface area contributed by atoms with Gasteiger partial charge >= 0.3 is 12.0 Å². The Morgan fingerprint density at radius 1 is 1.03 bits per heavy atom. The minimum Gasteiger partial charge on any atom is -0.469 e. The number of nitrogens with zero attached hydrogens (tertiary/aromatic N) is 1. The molecule has 0 spiro atoms. The van der Waals surface area contributed by atoms with Gasteiger partial charge in [0.25, 0.3) is 0 Å². The highest BCUT2D eigenvalue weighted by Crippen LogP contribution is 2.55. The number of likely N-dealkylation sites (tertiary alicyclic amines) is 1. The first-order valence-corrected chi connectivity index (χ1v) is 11.3. The molecule has 162 valence electrons. The molecule has 1 heterocycles. The second-order valence-corrected chi connectivity index (χ2v) is 10.1. The molecular weight excluding hydrogens is 370 g/mol. The van der Waals surface area contributed by atoms with Crippen molar-refractivity contribution in [1.82, 2.24) is 15.5 Å². The third-order valence-corrected chi connectivity index (χ3v) is 7.91. The fourth-order valence-corrected chi connectivity index (χ4v) is 6.78. The first-order chi connectivity index (χ1) is 13.9. The summed E-state index contributed by atoms with van der Waals surface area (Å²) in [4.78, 5) is 38.8. The summed E-state index contributed by atoms with van der Waals surface area (Å²) in [6, 6.07) is -0.680. The molecule has 4 saturated carbocycles. The summed E-state index contributed by atoms with van der Waals surface area (Å²) < 4.78 is 4.75. The minimum absolute atomic E-state index is 0.0887. The Morgan fingerprint density at radius 2 is 1.59 bits per heavy atom. The molecule has 7 heteroatoms. The van der Waals surface area contributed by atoms with E-state index in [2.05, 4.69) is 15.5 Å². The number of piperidine rings is 1. The van der Waals surface area contributed by atoms with Gasteiger partial charge in [-0.05, 0) is 95.1 Å². The summed E-state index contributed by atoms with van der Waals surface area (Å²) in [6.07, 6.45) is 9.37. The van der Waals surface area contributed by atoms with Crippen LogP contribution in [0.3, 0.4) is 0 Å². The van der Waals surface area contributed by atoms with Gasteiger partial charge in [-0.15, -0.1) is 0 Å². The summed E-state index contributed by atoms with van der Waals surface area (Å²) in [5, 5.41) is 5.81. The number of ether oxygens (including phenoxy) is 1. The molecule has 2 N–H and O–H groups in total. The van der Waals surface area contributed by atoms with Crippen molar-refractivity contribution in [3.05, 3.63) is 0 Å². The Bertz CT molecular complexity index is 621. The van der Waals surface area contributed by atoms with Gasteiger partial charge in [0, 0.05) is 12.0 Å². The van der Waals surface area contributed by atoms with Gasteiger partial charge in [-0.1, -0.05) is 0 Å². The molecule has 7 nitrogen and oxygen atoms in total. The SMILES string of the molecule is COC(=O)CC1CCN([C@H](C)C(=O)NC(=O)NC23CC4CC(CC(C4)C2)C3)CC1. The third kappa shape index (κ3) is 4.60. The summed E-state index contributed by atoms with van der Waals surface area (Å²) in [7, 11) is 1.42. The van der Waals surface area contributed by atoms with Gasteiger partial charge in [0.05, 0.1) is 13.2 Å². The van der Waals surface area contributed by atoms with Crippen LogP contribution in [-0.2, 0) is 14.3 Å². The fourth-order valence-electron chi connectivity index (χ4n) is 6.78. The number of rotatable bonds is 5. The largest absolute Gasteiger partial charge is 0.469 e. The van der Waals surface area contributed by atoms with Crippen LogP contribution < -0.4 is 10.6 Å². The van der Waals surface area contributed by atoms with Crippen molar-refractivity contribution in [3.63, 3.8) is 0 Å². The molecule has 4 aliphatic carbocycles. The number of carbonyl (C=O) groups excluding carboxylic acids is 3. The maximum absolute atomic E-state index is 12.7. The van der Waals surface area contributed by atoms with E-state index in [9.17, 15) is 14.4 Å². The van der Waals surface area contributed by atoms with E-state index in [1.54, 1.807) is 0 Å². The van der Waals surface area contributed by atoms with Crippen LogP contribution in [0.25, 0.3) is 0 Å². The number of esters is 1.